The standard InChI is InChI=1S/C22H23FN2O3S/c23-17-11-15(22-16(12-17)13-27-14-28-22)9-10-24-20(26)7-3-4-8-21-25-18-5-1-2-6-19(18)29-21/h1-2,5-6,11-12H,3-4,7-10,13-14H2,(H,24,26). The number of aromatic nitrogens is 1. The third kappa shape index (κ3) is 5.10. The fourth-order valence-electron chi connectivity index (χ4n) is 3.46. The van der Waals surface area contributed by atoms with Crippen LogP contribution in [-0.2, 0) is 29.0 Å². The number of nitrogens with one attached hydrogen (secondary N) is 1. The maximum Gasteiger partial charge on any atom is 0.220 e. The summed E-state index contributed by atoms with van der Waals surface area (Å²) in [4.78, 5) is 16.7. The van der Waals surface area contributed by atoms with Crippen LogP contribution in [0.2, 0.25) is 0 Å². The van der Waals surface area contributed by atoms with Gasteiger partial charge in [0.15, 0.2) is 6.79 Å². The van der Waals surface area contributed by atoms with E-state index in [4.69, 9.17) is 9.47 Å². The molecule has 0 bridgehead atoms. The van der Waals surface area contributed by atoms with Gasteiger partial charge in [-0.25, -0.2) is 9.37 Å². The Kier molecular flexibility index (Phi) is 6.36. The lowest BCUT2D eigenvalue weighted by molar-refractivity contribution is -0.121. The van der Waals surface area contributed by atoms with E-state index in [0.29, 0.717) is 37.3 Å². The van der Waals surface area contributed by atoms with Crippen LogP contribution in [0.5, 0.6) is 5.75 Å². The topological polar surface area (TPSA) is 60.5 Å². The fraction of sp³-hybridized carbons (Fsp3) is 0.364. The normalized spacial score (nSPS) is 13.1. The van der Waals surface area contributed by atoms with Crippen LogP contribution in [0.4, 0.5) is 4.39 Å². The van der Waals surface area contributed by atoms with Gasteiger partial charge >= 0.3 is 0 Å². The van der Waals surface area contributed by atoms with E-state index in [2.05, 4.69) is 16.4 Å². The monoisotopic (exact) mass is 414 g/mol. The van der Waals surface area contributed by atoms with Crippen LogP contribution in [0.25, 0.3) is 10.2 Å². The Bertz CT molecular complexity index is 972. The second kappa shape index (κ2) is 9.33. The van der Waals surface area contributed by atoms with E-state index < -0.39 is 0 Å². The van der Waals surface area contributed by atoms with Crippen molar-refractivity contribution >= 4 is 27.5 Å². The van der Waals surface area contributed by atoms with Crippen LogP contribution in [0, 0.1) is 5.82 Å². The molecule has 0 spiro atoms. The van der Waals surface area contributed by atoms with E-state index in [0.717, 1.165) is 35.4 Å². The quantitative estimate of drug-likeness (QED) is 0.556. The molecule has 2 aromatic carbocycles. The Hall–Kier alpha value is -2.51. The van der Waals surface area contributed by atoms with Crippen molar-refractivity contribution in [3.63, 3.8) is 0 Å². The van der Waals surface area contributed by atoms with Crippen LogP contribution in [0.1, 0.15) is 35.4 Å². The Morgan fingerprint density at radius 3 is 3.00 bits per heavy atom. The number of carbonyl (C=O) groups excluding carboxylic acids is 1. The number of thiazole rings is 1. The van der Waals surface area contributed by atoms with E-state index >= 15 is 0 Å². The van der Waals surface area contributed by atoms with Crippen LogP contribution in [0.3, 0.4) is 0 Å². The average Bonchev–Trinajstić information content (AvgIpc) is 3.14. The number of para-hydroxylation sites is 1. The second-order valence-electron chi connectivity index (χ2n) is 7.05. The van der Waals surface area contributed by atoms with Crippen LogP contribution in [-0.4, -0.2) is 24.2 Å². The summed E-state index contributed by atoms with van der Waals surface area (Å²) in [5.41, 5.74) is 2.52. The molecule has 29 heavy (non-hydrogen) atoms. The minimum Gasteiger partial charge on any atom is -0.467 e. The van der Waals surface area contributed by atoms with Crippen molar-refractivity contribution in [3.05, 3.63) is 58.3 Å². The maximum atomic E-state index is 13.8. The van der Waals surface area contributed by atoms with Gasteiger partial charge < -0.3 is 14.8 Å². The zero-order valence-electron chi connectivity index (χ0n) is 16.1. The van der Waals surface area contributed by atoms with Gasteiger partial charge in [0, 0.05) is 18.5 Å². The zero-order chi connectivity index (χ0) is 20.1. The Balaban J connectivity index is 1.18. The Morgan fingerprint density at radius 1 is 1.21 bits per heavy atom. The number of hydrogen-bond acceptors (Lipinski definition) is 5. The lowest BCUT2D eigenvalue weighted by Crippen LogP contribution is -2.26. The minimum absolute atomic E-state index is 0.0174. The number of rotatable bonds is 8. The highest BCUT2D eigenvalue weighted by atomic mass is 32.1. The fourth-order valence-corrected chi connectivity index (χ4v) is 4.47. The number of nitrogens with zero attached hydrogens (tertiary/aromatic N) is 1. The van der Waals surface area contributed by atoms with Gasteiger partial charge in [0.1, 0.15) is 11.6 Å². The van der Waals surface area contributed by atoms with E-state index in [1.165, 1.54) is 16.8 Å². The number of ether oxygens (including phenoxy) is 2. The Labute approximate surface area is 172 Å². The number of benzene rings is 2. The Morgan fingerprint density at radius 2 is 2.10 bits per heavy atom. The van der Waals surface area contributed by atoms with Crippen LogP contribution >= 0.6 is 11.3 Å². The summed E-state index contributed by atoms with van der Waals surface area (Å²) in [7, 11) is 0. The van der Waals surface area contributed by atoms with Crippen molar-refractivity contribution in [3.8, 4) is 5.75 Å². The third-order valence-corrected chi connectivity index (χ3v) is 5.95. The van der Waals surface area contributed by atoms with Crippen molar-refractivity contribution in [1.29, 1.82) is 0 Å². The number of aryl methyl sites for hydroxylation is 1. The highest BCUT2D eigenvalue weighted by Crippen LogP contribution is 2.29. The molecule has 0 atom stereocenters. The molecule has 1 aliphatic heterocycles. The number of hydrogen-bond donors (Lipinski definition) is 1. The molecule has 5 nitrogen and oxygen atoms in total. The van der Waals surface area contributed by atoms with Crippen molar-refractivity contribution in [1.82, 2.24) is 10.3 Å². The lowest BCUT2D eigenvalue weighted by Gasteiger charge is -2.21. The number of unbranched alkanes of at least 4 members (excludes halogenated alkanes) is 1. The highest BCUT2D eigenvalue weighted by molar-refractivity contribution is 7.18. The predicted octanol–water partition coefficient (Wildman–Crippen LogP) is 4.37. The third-order valence-electron chi connectivity index (χ3n) is 4.85. The summed E-state index contributed by atoms with van der Waals surface area (Å²) in [6, 6.07) is 11.0. The minimum atomic E-state index is -0.311. The SMILES string of the molecule is O=C(CCCCc1nc2ccccc2s1)NCCc1cc(F)cc2c1OCOC2. The first-order valence-corrected chi connectivity index (χ1v) is 10.6. The van der Waals surface area contributed by atoms with Gasteiger partial charge in [-0.2, -0.15) is 0 Å². The van der Waals surface area contributed by atoms with Gasteiger partial charge in [0.25, 0.3) is 0 Å². The summed E-state index contributed by atoms with van der Waals surface area (Å²) in [6.45, 7) is 0.977. The summed E-state index contributed by atoms with van der Waals surface area (Å²) in [5, 5.41) is 4.03. The molecule has 1 N–H and O–H groups in total. The molecule has 4 rings (SSSR count). The first-order chi connectivity index (χ1) is 14.2. The predicted molar refractivity (Wildman–Crippen MR) is 111 cm³/mol. The molecule has 152 valence electrons. The van der Waals surface area contributed by atoms with Crippen molar-refractivity contribution < 1.29 is 18.7 Å². The first kappa shape index (κ1) is 19.8. The van der Waals surface area contributed by atoms with E-state index in [1.807, 2.05) is 18.2 Å². The summed E-state index contributed by atoms with van der Waals surface area (Å²) in [6.07, 6.45) is 3.64. The van der Waals surface area contributed by atoms with Gasteiger partial charge in [0.05, 0.1) is 21.8 Å². The molecule has 1 aromatic heterocycles. The second-order valence-corrected chi connectivity index (χ2v) is 8.16. The molecule has 0 saturated heterocycles. The van der Waals surface area contributed by atoms with Crippen molar-refractivity contribution in [2.45, 2.75) is 38.7 Å². The number of fused-ring (bicyclic) bond motifs is 2. The van der Waals surface area contributed by atoms with E-state index in [9.17, 15) is 9.18 Å². The smallest absolute Gasteiger partial charge is 0.220 e. The molecule has 3 aromatic rings. The lowest BCUT2D eigenvalue weighted by atomic mass is 10.1. The molecule has 1 aliphatic rings. The number of halogens is 1. The van der Waals surface area contributed by atoms with Crippen LogP contribution < -0.4 is 10.1 Å². The first-order valence-electron chi connectivity index (χ1n) is 9.82. The molecular weight excluding hydrogens is 391 g/mol. The molecule has 0 unspecified atom stereocenters. The van der Waals surface area contributed by atoms with Gasteiger partial charge in [-0.3, -0.25) is 4.79 Å². The zero-order valence-corrected chi connectivity index (χ0v) is 16.9. The van der Waals surface area contributed by atoms with Crippen LogP contribution in [0.15, 0.2) is 36.4 Å². The summed E-state index contributed by atoms with van der Waals surface area (Å²) < 4.78 is 25.6. The van der Waals surface area contributed by atoms with E-state index in [-0.39, 0.29) is 18.5 Å². The maximum absolute atomic E-state index is 13.8. The number of amides is 1. The molecule has 0 radical (unpaired) electrons. The van der Waals surface area contributed by atoms with Gasteiger partial charge in [0.2, 0.25) is 5.91 Å². The molecule has 0 fully saturated rings. The van der Waals surface area contributed by atoms with Crippen molar-refractivity contribution in [2.24, 2.45) is 0 Å². The molecule has 1 amide bonds. The summed E-state index contributed by atoms with van der Waals surface area (Å²) in [5.74, 6) is 0.389. The summed E-state index contributed by atoms with van der Waals surface area (Å²) >= 11 is 1.72. The number of carbonyl (C=O) groups is 1. The molecule has 0 aliphatic carbocycles. The van der Waals surface area contributed by atoms with Gasteiger partial charge in [-0.1, -0.05) is 12.1 Å². The molecular formula is C22H23FN2O3S. The van der Waals surface area contributed by atoms with Crippen molar-refractivity contribution in [2.75, 3.05) is 13.3 Å². The molecule has 7 heteroatoms. The van der Waals surface area contributed by atoms with Gasteiger partial charge in [-0.15, -0.1) is 11.3 Å². The highest BCUT2D eigenvalue weighted by Gasteiger charge is 2.17. The largest absolute Gasteiger partial charge is 0.467 e. The average molecular weight is 415 g/mol. The van der Waals surface area contributed by atoms with Gasteiger partial charge in [-0.05, 0) is 55.5 Å². The van der Waals surface area contributed by atoms with E-state index in [1.54, 1.807) is 11.3 Å². The molecule has 0 saturated carbocycles. The molecule has 2 heterocycles.